The summed E-state index contributed by atoms with van der Waals surface area (Å²) in [7, 11) is 0. The van der Waals surface area contributed by atoms with E-state index >= 15 is 0 Å². The average Bonchev–Trinajstić information content (AvgIpc) is 3.44. The van der Waals surface area contributed by atoms with Crippen molar-refractivity contribution < 1.29 is 28.6 Å². The number of carbonyl (C=O) groups is 3. The Bertz CT molecular complexity index is 1760. The molecule has 0 spiro atoms. The second-order valence-electron chi connectivity index (χ2n) is 20.2. The molecule has 0 aliphatic rings. The molecule has 0 saturated heterocycles. The van der Waals surface area contributed by atoms with Crippen LogP contribution < -0.4 is 0 Å². The second-order valence-corrected chi connectivity index (χ2v) is 20.2. The number of unbranched alkanes of at least 4 members (excludes halogenated alkanes) is 18. The van der Waals surface area contributed by atoms with E-state index in [4.69, 9.17) is 14.2 Å². The molecule has 0 bridgehead atoms. The van der Waals surface area contributed by atoms with Crippen LogP contribution in [0.5, 0.6) is 0 Å². The fourth-order valence-electron chi connectivity index (χ4n) is 8.09. The normalized spacial score (nSPS) is 13.2. The van der Waals surface area contributed by atoms with Gasteiger partial charge in [-0.1, -0.05) is 249 Å². The molecule has 0 amide bonds. The van der Waals surface area contributed by atoms with Gasteiger partial charge in [0.15, 0.2) is 6.10 Å². The van der Waals surface area contributed by atoms with E-state index in [1.54, 1.807) is 0 Å². The third-order valence-electron chi connectivity index (χ3n) is 12.7. The van der Waals surface area contributed by atoms with E-state index in [-0.39, 0.29) is 31.1 Å². The zero-order valence-corrected chi connectivity index (χ0v) is 50.1. The van der Waals surface area contributed by atoms with Gasteiger partial charge in [0.25, 0.3) is 0 Å². The summed E-state index contributed by atoms with van der Waals surface area (Å²) >= 11 is 0. The summed E-state index contributed by atoms with van der Waals surface area (Å²) in [6, 6.07) is 0. The molecule has 0 aromatic heterocycles. The minimum atomic E-state index is -0.817. The molecular weight excluding hydrogens is 961 g/mol. The van der Waals surface area contributed by atoms with Crippen molar-refractivity contribution in [2.24, 2.45) is 0 Å². The summed E-state index contributed by atoms with van der Waals surface area (Å²) < 4.78 is 16.9. The van der Waals surface area contributed by atoms with Crippen molar-refractivity contribution in [3.05, 3.63) is 158 Å². The van der Waals surface area contributed by atoms with Crippen LogP contribution in [0.15, 0.2) is 158 Å². The quantitative estimate of drug-likeness (QED) is 0.0261. The molecule has 438 valence electrons. The number of allylic oxidation sites excluding steroid dienone is 26. The fraction of sp³-hybridized carbons (Fsp3) is 0.597. The maximum Gasteiger partial charge on any atom is 0.306 e. The van der Waals surface area contributed by atoms with Crippen LogP contribution in [0.4, 0.5) is 0 Å². The molecule has 0 fully saturated rings. The smallest absolute Gasteiger partial charge is 0.306 e. The van der Waals surface area contributed by atoms with Gasteiger partial charge in [-0.2, -0.15) is 0 Å². The Morgan fingerprint density at radius 3 is 0.808 bits per heavy atom. The standard InChI is InChI=1S/C72H114O6/c1-4-7-10-13-16-19-22-25-28-30-32-33-34-35-36-37-38-39-40-42-44-47-50-53-56-59-62-65-71(74)77-68-69(67-76-70(73)64-61-58-55-52-49-46-43-27-24-21-18-15-12-9-6-3)78-72(75)66-63-60-57-54-51-48-45-41-31-29-26-23-20-17-14-11-8-5-2/h7,9-10,12,16,18-21,23,25,27-29,31-33,35-36,38-39,42-44,50,53,69H,4-6,8,11,13-15,17,22,24,26,30,34,37,40-41,45-49,51-52,54-68H2,1-3H3/b10-7-,12-9-,19-16-,21-18-,23-20-,28-25-,31-29-,33-32-,36-35-,39-38-,43-27-,44-42-,53-50-. The van der Waals surface area contributed by atoms with Crippen molar-refractivity contribution in [3.8, 4) is 0 Å². The minimum Gasteiger partial charge on any atom is -0.462 e. The number of esters is 3. The van der Waals surface area contributed by atoms with E-state index in [1.807, 2.05) is 0 Å². The first-order valence-corrected chi connectivity index (χ1v) is 31.5. The van der Waals surface area contributed by atoms with Crippen molar-refractivity contribution in [2.45, 2.75) is 264 Å². The van der Waals surface area contributed by atoms with E-state index in [2.05, 4.69) is 179 Å². The van der Waals surface area contributed by atoms with Crippen LogP contribution in [0, 0.1) is 0 Å². The molecule has 6 heteroatoms. The molecule has 0 heterocycles. The lowest BCUT2D eigenvalue weighted by molar-refractivity contribution is -0.167. The van der Waals surface area contributed by atoms with Crippen LogP contribution in [-0.2, 0) is 28.6 Å². The summed E-state index contributed by atoms with van der Waals surface area (Å²) in [6.07, 6.45) is 93.8. The van der Waals surface area contributed by atoms with E-state index in [0.717, 1.165) is 154 Å². The lowest BCUT2D eigenvalue weighted by Gasteiger charge is -2.18. The Morgan fingerprint density at radius 1 is 0.269 bits per heavy atom. The predicted octanol–water partition coefficient (Wildman–Crippen LogP) is 21.7. The van der Waals surface area contributed by atoms with Crippen molar-refractivity contribution in [1.29, 1.82) is 0 Å². The molecule has 0 radical (unpaired) electrons. The number of hydrogen-bond donors (Lipinski definition) is 0. The van der Waals surface area contributed by atoms with Crippen LogP contribution in [0.25, 0.3) is 0 Å². The molecule has 0 saturated carbocycles. The zero-order valence-electron chi connectivity index (χ0n) is 50.1. The highest BCUT2D eigenvalue weighted by atomic mass is 16.6. The number of ether oxygens (including phenoxy) is 3. The topological polar surface area (TPSA) is 78.9 Å². The minimum absolute atomic E-state index is 0.111. The summed E-state index contributed by atoms with van der Waals surface area (Å²) in [6.45, 7) is 6.34. The van der Waals surface area contributed by atoms with E-state index in [0.29, 0.717) is 25.7 Å². The Balaban J connectivity index is 4.50. The van der Waals surface area contributed by atoms with E-state index in [1.165, 1.54) is 57.8 Å². The van der Waals surface area contributed by atoms with Crippen LogP contribution >= 0.6 is 0 Å². The van der Waals surface area contributed by atoms with Crippen molar-refractivity contribution in [1.82, 2.24) is 0 Å². The lowest BCUT2D eigenvalue weighted by Crippen LogP contribution is -2.30. The molecule has 1 atom stereocenters. The first kappa shape index (κ1) is 73.0. The molecule has 0 aliphatic heterocycles. The van der Waals surface area contributed by atoms with Gasteiger partial charge in [-0.05, 0) is 148 Å². The highest BCUT2D eigenvalue weighted by molar-refractivity contribution is 5.71. The van der Waals surface area contributed by atoms with E-state index < -0.39 is 6.10 Å². The highest BCUT2D eigenvalue weighted by Crippen LogP contribution is 2.14. The Morgan fingerprint density at radius 2 is 0.500 bits per heavy atom. The predicted molar refractivity (Wildman–Crippen MR) is 338 cm³/mol. The molecule has 6 nitrogen and oxygen atoms in total. The second kappa shape index (κ2) is 64.6. The lowest BCUT2D eigenvalue weighted by atomic mass is 10.1. The maximum absolute atomic E-state index is 12.9. The molecule has 1 unspecified atom stereocenters. The van der Waals surface area contributed by atoms with Crippen molar-refractivity contribution in [3.63, 3.8) is 0 Å². The largest absolute Gasteiger partial charge is 0.462 e. The van der Waals surface area contributed by atoms with Gasteiger partial charge in [0, 0.05) is 19.3 Å². The van der Waals surface area contributed by atoms with Gasteiger partial charge in [0.1, 0.15) is 13.2 Å². The Hall–Kier alpha value is -4.97. The van der Waals surface area contributed by atoms with Crippen LogP contribution in [0.3, 0.4) is 0 Å². The first-order valence-electron chi connectivity index (χ1n) is 31.5. The van der Waals surface area contributed by atoms with Gasteiger partial charge in [-0.15, -0.1) is 0 Å². The zero-order chi connectivity index (χ0) is 56.4. The fourth-order valence-corrected chi connectivity index (χ4v) is 8.09. The Kier molecular flexibility index (Phi) is 60.4. The molecule has 0 rings (SSSR count). The van der Waals surface area contributed by atoms with Gasteiger partial charge in [0.05, 0.1) is 0 Å². The molecule has 0 aliphatic carbocycles. The summed E-state index contributed by atoms with van der Waals surface area (Å²) in [5.74, 6) is -0.983. The van der Waals surface area contributed by atoms with E-state index in [9.17, 15) is 14.4 Å². The van der Waals surface area contributed by atoms with Crippen molar-refractivity contribution in [2.75, 3.05) is 13.2 Å². The third kappa shape index (κ3) is 61.9. The molecule has 78 heavy (non-hydrogen) atoms. The highest BCUT2D eigenvalue weighted by Gasteiger charge is 2.19. The SMILES string of the molecule is CC/C=C\C/C=C\C/C=C\C/C=C\C/C=C\C/C=C\C/C=C\C/C=C\CCCCC(=O)OCC(COC(=O)CCCCCCC/C=C\C/C=C\C/C=C\CC)OC(=O)CCCCCCCCC/C=C\C/C=C\CCCCCC. The Labute approximate surface area is 480 Å². The molecular formula is C72H114O6. The monoisotopic (exact) mass is 1070 g/mol. The average molecular weight is 1080 g/mol. The van der Waals surface area contributed by atoms with Gasteiger partial charge in [0.2, 0.25) is 0 Å². The van der Waals surface area contributed by atoms with Gasteiger partial charge in [-0.3, -0.25) is 14.4 Å². The van der Waals surface area contributed by atoms with Gasteiger partial charge in [-0.25, -0.2) is 0 Å². The number of hydrogen-bond acceptors (Lipinski definition) is 6. The third-order valence-corrected chi connectivity index (χ3v) is 12.7. The molecule has 0 aromatic rings. The van der Waals surface area contributed by atoms with Gasteiger partial charge < -0.3 is 14.2 Å². The van der Waals surface area contributed by atoms with Crippen LogP contribution in [0.1, 0.15) is 258 Å². The summed E-state index contributed by atoms with van der Waals surface area (Å²) in [5, 5.41) is 0. The molecule has 0 aromatic carbocycles. The first-order chi connectivity index (χ1) is 38.5. The summed E-state index contributed by atoms with van der Waals surface area (Å²) in [4.78, 5) is 38.3. The van der Waals surface area contributed by atoms with Crippen LogP contribution in [0.2, 0.25) is 0 Å². The summed E-state index contributed by atoms with van der Waals surface area (Å²) in [5.41, 5.74) is 0. The van der Waals surface area contributed by atoms with Gasteiger partial charge >= 0.3 is 17.9 Å². The number of rotatable bonds is 55. The van der Waals surface area contributed by atoms with Crippen LogP contribution in [-0.4, -0.2) is 37.2 Å². The van der Waals surface area contributed by atoms with Crippen molar-refractivity contribution >= 4 is 17.9 Å². The maximum atomic E-state index is 12.9. The molecule has 0 N–H and O–H groups in total. The number of carbonyl (C=O) groups excluding carboxylic acids is 3.